The second-order valence-corrected chi connectivity index (χ2v) is 7.64. The van der Waals surface area contributed by atoms with Crippen LogP contribution in [0, 0.1) is 6.92 Å². The van der Waals surface area contributed by atoms with Crippen molar-refractivity contribution in [2.75, 3.05) is 32.1 Å². The van der Waals surface area contributed by atoms with Crippen LogP contribution in [-0.2, 0) is 5.54 Å². The number of aliphatic imine (C=N–C) groups is 1. The lowest BCUT2D eigenvalue weighted by Crippen LogP contribution is -2.59. The first-order valence-electron chi connectivity index (χ1n) is 10.2. The molecular weight excluding hydrogens is 391 g/mol. The van der Waals surface area contributed by atoms with Crippen molar-refractivity contribution < 1.29 is 22.4 Å². The Labute approximate surface area is 176 Å². The first-order chi connectivity index (χ1) is 14.2. The van der Waals surface area contributed by atoms with E-state index < -0.39 is 11.7 Å². The highest BCUT2D eigenvalue weighted by atomic mass is 19.4. The van der Waals surface area contributed by atoms with Gasteiger partial charge in [-0.1, -0.05) is 29.8 Å². The molecule has 2 aromatic rings. The van der Waals surface area contributed by atoms with Crippen LogP contribution in [0.25, 0.3) is 0 Å². The highest BCUT2D eigenvalue weighted by Gasteiger charge is 2.61. The Morgan fingerprint density at radius 1 is 1.00 bits per heavy atom. The maximum atomic E-state index is 15.0. The summed E-state index contributed by atoms with van der Waals surface area (Å²) in [5.41, 5.74) is -1.12. The maximum Gasteiger partial charge on any atom is 0.422 e. The van der Waals surface area contributed by atoms with Gasteiger partial charge in [-0.2, -0.15) is 18.2 Å². The summed E-state index contributed by atoms with van der Waals surface area (Å²) in [4.78, 5) is 4.49. The topological polar surface area (TPSA) is 33.6 Å². The highest BCUT2D eigenvalue weighted by Crippen LogP contribution is 2.52. The molecule has 0 bridgehead atoms. The summed E-state index contributed by atoms with van der Waals surface area (Å²) in [6.45, 7) is 9.63. The zero-order valence-corrected chi connectivity index (χ0v) is 18.1. The van der Waals surface area contributed by atoms with Crippen molar-refractivity contribution in [1.29, 1.82) is 0 Å². The number of alkyl halides is 3. The smallest absolute Gasteiger partial charge is 0.422 e. The van der Waals surface area contributed by atoms with E-state index in [1.54, 1.807) is 31.2 Å². The molecule has 0 fully saturated rings. The minimum absolute atomic E-state index is 0.0723. The lowest BCUT2D eigenvalue weighted by atomic mass is 9.80. The van der Waals surface area contributed by atoms with Crippen molar-refractivity contribution in [3.63, 3.8) is 0 Å². The molecule has 0 aliphatic carbocycles. The van der Waals surface area contributed by atoms with Crippen molar-refractivity contribution in [3.05, 3.63) is 59.2 Å². The third-order valence-electron chi connectivity index (χ3n) is 6.27. The van der Waals surface area contributed by atoms with Gasteiger partial charge in [0, 0.05) is 5.56 Å². The molecule has 7 heteroatoms. The molecule has 3 rings (SSSR count). The van der Waals surface area contributed by atoms with Gasteiger partial charge in [0.25, 0.3) is 0 Å². The van der Waals surface area contributed by atoms with Crippen molar-refractivity contribution >= 4 is 11.6 Å². The van der Waals surface area contributed by atoms with Crippen molar-refractivity contribution in [1.82, 2.24) is 0 Å². The molecule has 1 atom stereocenters. The number of methoxy groups -OCH3 is 1. The summed E-state index contributed by atoms with van der Waals surface area (Å²) < 4.78 is 50.4. The van der Waals surface area contributed by atoms with Crippen LogP contribution in [0.5, 0.6) is 5.75 Å². The van der Waals surface area contributed by atoms with Crippen LogP contribution in [0.2, 0.25) is 0 Å². The first kappa shape index (κ1) is 22.2. The quantitative estimate of drug-likeness (QED) is 0.651. The van der Waals surface area contributed by atoms with Gasteiger partial charge in [0.1, 0.15) is 5.75 Å². The van der Waals surface area contributed by atoms with Gasteiger partial charge in [-0.3, -0.25) is 9.80 Å². The number of halogens is 3. The predicted molar refractivity (Wildman–Crippen MR) is 114 cm³/mol. The fraction of sp³-hybridized carbons (Fsp3) is 0.435. The van der Waals surface area contributed by atoms with E-state index >= 15 is 0 Å². The molecule has 0 saturated carbocycles. The Hall–Kier alpha value is -2.54. The number of guanidine groups is 1. The molecule has 1 heterocycles. The maximum absolute atomic E-state index is 15.0. The normalized spacial score (nSPS) is 19.0. The van der Waals surface area contributed by atoms with Gasteiger partial charge < -0.3 is 4.74 Å². The van der Waals surface area contributed by atoms with Crippen LogP contribution < -0.4 is 10.1 Å². The molecule has 0 saturated heterocycles. The molecule has 1 N–H and O–H groups in total. The number of quaternary nitrogens is 1. The minimum atomic E-state index is -4.64. The Balaban J connectivity index is 2.40. The van der Waals surface area contributed by atoms with Crippen molar-refractivity contribution in [3.8, 4) is 5.75 Å². The van der Waals surface area contributed by atoms with Crippen LogP contribution in [0.15, 0.2) is 47.5 Å². The Morgan fingerprint density at radius 3 is 2.10 bits per heavy atom. The molecule has 0 unspecified atom stereocenters. The van der Waals surface area contributed by atoms with E-state index in [2.05, 4.69) is 10.3 Å². The Bertz CT molecular complexity index is 925. The van der Waals surface area contributed by atoms with Crippen LogP contribution in [0.1, 0.15) is 37.5 Å². The van der Waals surface area contributed by atoms with E-state index in [9.17, 15) is 13.2 Å². The van der Waals surface area contributed by atoms with Crippen LogP contribution in [0.3, 0.4) is 0 Å². The van der Waals surface area contributed by atoms with Crippen molar-refractivity contribution in [2.24, 2.45) is 4.99 Å². The number of hydrogen-bond acceptors (Lipinski definition) is 3. The lowest BCUT2D eigenvalue weighted by molar-refractivity contribution is -0.836. The second kappa shape index (κ2) is 7.95. The third kappa shape index (κ3) is 3.35. The van der Waals surface area contributed by atoms with E-state index in [0.717, 1.165) is 5.56 Å². The molecule has 4 nitrogen and oxygen atoms in total. The molecule has 0 spiro atoms. The molecule has 1 aliphatic rings. The predicted octanol–water partition coefficient (Wildman–Crippen LogP) is 5.47. The second-order valence-electron chi connectivity index (χ2n) is 7.64. The van der Waals surface area contributed by atoms with Crippen LogP contribution in [-0.4, -0.2) is 43.4 Å². The van der Waals surface area contributed by atoms with Gasteiger partial charge in [-0.15, -0.1) is 0 Å². The number of fused-ring (bicyclic) bond motifs is 1. The number of hydrogen-bond donors (Lipinski definition) is 1. The number of nitrogens with one attached hydrogen (secondary N) is 1. The molecule has 2 aromatic carbocycles. The molecule has 0 amide bonds. The van der Waals surface area contributed by atoms with Gasteiger partial charge in [0.05, 0.1) is 32.4 Å². The van der Waals surface area contributed by atoms with Crippen LogP contribution in [0.4, 0.5) is 18.9 Å². The number of rotatable bonds is 5. The molecule has 30 heavy (non-hydrogen) atoms. The number of anilines is 1. The van der Waals surface area contributed by atoms with Gasteiger partial charge in [-0.05, 0) is 51.5 Å². The van der Waals surface area contributed by atoms with Gasteiger partial charge in [0.15, 0.2) is 0 Å². The summed E-state index contributed by atoms with van der Waals surface area (Å²) in [5, 5.41) is 3.23. The average molecular weight is 420 g/mol. The monoisotopic (exact) mass is 420 g/mol. The summed E-state index contributed by atoms with van der Waals surface area (Å²) in [6.07, 6.45) is -4.64. The summed E-state index contributed by atoms with van der Waals surface area (Å²) in [6, 6.07) is 11.2. The Morgan fingerprint density at radius 2 is 1.60 bits per heavy atom. The Kier molecular flexibility index (Phi) is 5.87. The standard InChI is InChI=1S/C23H29F3N3O/c1-6-29(7-2,8-3)21-27-20-14-9-16(4)15-19(20)22(28-21,23(24,25)26)17-10-12-18(30-5)13-11-17/h9-15H,6-8H2,1-5H3,(H,27,28)/q+1/t22-/m1/s1. The SMILES string of the molecule is CC[N+](CC)(CC)C1=N[C@@](c2ccc(OC)cc2)(C(F)(F)F)c2cc(C)ccc2N1. The van der Waals surface area contributed by atoms with E-state index in [0.29, 0.717) is 41.5 Å². The number of benzene rings is 2. The van der Waals surface area contributed by atoms with E-state index in [-0.39, 0.29) is 11.1 Å². The van der Waals surface area contributed by atoms with E-state index in [1.165, 1.54) is 19.2 Å². The van der Waals surface area contributed by atoms with Gasteiger partial charge in [-0.25, -0.2) is 0 Å². The molecular formula is C23H29F3N3O+. The average Bonchev–Trinajstić information content (AvgIpc) is 2.74. The fourth-order valence-electron chi connectivity index (χ4n) is 4.21. The largest absolute Gasteiger partial charge is 0.497 e. The van der Waals surface area contributed by atoms with Gasteiger partial charge >= 0.3 is 12.1 Å². The molecule has 0 aromatic heterocycles. The lowest BCUT2D eigenvalue weighted by Gasteiger charge is -2.43. The summed E-state index contributed by atoms with van der Waals surface area (Å²) >= 11 is 0. The molecule has 1 aliphatic heterocycles. The zero-order chi connectivity index (χ0) is 22.2. The number of ether oxygens (including phenoxy) is 1. The third-order valence-corrected chi connectivity index (χ3v) is 6.27. The summed E-state index contributed by atoms with van der Waals surface area (Å²) in [7, 11) is 1.49. The van der Waals surface area contributed by atoms with E-state index in [4.69, 9.17) is 4.74 Å². The highest BCUT2D eigenvalue weighted by molar-refractivity contribution is 5.93. The molecule has 162 valence electrons. The minimum Gasteiger partial charge on any atom is -0.497 e. The fourth-order valence-corrected chi connectivity index (χ4v) is 4.21. The first-order valence-corrected chi connectivity index (χ1v) is 10.2. The number of aryl methyl sites for hydroxylation is 1. The molecule has 0 radical (unpaired) electrons. The van der Waals surface area contributed by atoms with Gasteiger partial charge in [0.2, 0.25) is 5.54 Å². The van der Waals surface area contributed by atoms with E-state index in [1.807, 2.05) is 26.8 Å². The zero-order valence-electron chi connectivity index (χ0n) is 18.1. The number of nitrogens with zero attached hydrogens (tertiary/aromatic N) is 2. The van der Waals surface area contributed by atoms with Crippen LogP contribution >= 0.6 is 0 Å². The summed E-state index contributed by atoms with van der Waals surface area (Å²) in [5.74, 6) is 0.839. The van der Waals surface area contributed by atoms with Crippen molar-refractivity contribution in [2.45, 2.75) is 39.4 Å².